The fourth-order valence-electron chi connectivity index (χ4n) is 1.99. The summed E-state index contributed by atoms with van der Waals surface area (Å²) in [5, 5.41) is 36.1. The minimum absolute atomic E-state index is 0.132. The molecule has 1 aliphatic carbocycles. The van der Waals surface area contributed by atoms with E-state index in [4.69, 9.17) is 21.0 Å². The molecule has 17 heavy (non-hydrogen) atoms. The van der Waals surface area contributed by atoms with Gasteiger partial charge in [-0.25, -0.2) is 0 Å². The lowest BCUT2D eigenvalue weighted by Gasteiger charge is -2.03. The third kappa shape index (κ3) is 1.26. The summed E-state index contributed by atoms with van der Waals surface area (Å²) in [4.78, 5) is 0. The van der Waals surface area contributed by atoms with Crippen LogP contribution in [0.5, 0.6) is 0 Å². The van der Waals surface area contributed by atoms with Gasteiger partial charge in [0.15, 0.2) is 0 Å². The first-order valence-corrected chi connectivity index (χ1v) is 4.75. The van der Waals surface area contributed by atoms with Crippen LogP contribution < -0.4 is 0 Å². The number of rotatable bonds is 0. The van der Waals surface area contributed by atoms with E-state index in [9.17, 15) is 0 Å². The van der Waals surface area contributed by atoms with Gasteiger partial charge in [-0.3, -0.25) is 0 Å². The van der Waals surface area contributed by atoms with Gasteiger partial charge in [0.1, 0.15) is 12.0 Å². The Balaban J connectivity index is 2.88. The maximum absolute atomic E-state index is 9.07. The van der Waals surface area contributed by atoms with E-state index >= 15 is 0 Å². The number of hydrogen-bond donors (Lipinski definition) is 0. The molecule has 1 unspecified atom stereocenters. The van der Waals surface area contributed by atoms with Gasteiger partial charge in [-0.2, -0.15) is 21.0 Å². The summed E-state index contributed by atoms with van der Waals surface area (Å²) in [6, 6.07) is 12.7. The van der Waals surface area contributed by atoms with E-state index in [1.165, 1.54) is 0 Å². The Bertz CT molecular complexity index is 699. The molecule has 0 saturated carbocycles. The molecule has 1 aromatic carbocycles. The summed E-state index contributed by atoms with van der Waals surface area (Å²) < 4.78 is 0. The van der Waals surface area contributed by atoms with Crippen LogP contribution in [0, 0.1) is 45.3 Å². The number of allylic oxidation sites excluding steroid dienone is 2. The molecular formula is C13H4N4. The predicted octanol–water partition coefficient (Wildman–Crippen LogP) is 1.98. The van der Waals surface area contributed by atoms with Crippen LogP contribution >= 0.6 is 0 Å². The Labute approximate surface area is 97.9 Å². The number of fused-ring (bicyclic) bond motifs is 1. The van der Waals surface area contributed by atoms with Crippen LogP contribution in [0.25, 0.3) is 5.57 Å². The molecule has 0 aromatic heterocycles. The van der Waals surface area contributed by atoms with Crippen molar-refractivity contribution < 1.29 is 0 Å². The van der Waals surface area contributed by atoms with Gasteiger partial charge in [0.05, 0.1) is 34.9 Å². The number of nitriles is 4. The van der Waals surface area contributed by atoms with Crippen LogP contribution in [0.15, 0.2) is 23.8 Å². The largest absolute Gasteiger partial charge is 0.197 e. The normalized spacial score (nSPS) is 16.4. The fourth-order valence-corrected chi connectivity index (χ4v) is 1.99. The highest BCUT2D eigenvalue weighted by atomic mass is 14.4. The van der Waals surface area contributed by atoms with Crippen LogP contribution in [0.4, 0.5) is 0 Å². The van der Waals surface area contributed by atoms with Gasteiger partial charge >= 0.3 is 0 Å². The highest BCUT2D eigenvalue weighted by Crippen LogP contribution is 2.42. The molecule has 1 atom stereocenters. The number of hydrogen-bond acceptors (Lipinski definition) is 4. The Hall–Kier alpha value is -3.08. The minimum atomic E-state index is -0.738. The molecule has 0 radical (unpaired) electrons. The predicted molar refractivity (Wildman–Crippen MR) is 57.7 cm³/mol. The summed E-state index contributed by atoms with van der Waals surface area (Å²) in [5.74, 6) is -0.738. The second-order valence-corrected chi connectivity index (χ2v) is 3.46. The molecular weight excluding hydrogens is 212 g/mol. The van der Waals surface area contributed by atoms with E-state index in [-0.39, 0.29) is 11.1 Å². The molecule has 76 valence electrons. The van der Waals surface area contributed by atoms with Crippen LogP contribution in [0.2, 0.25) is 0 Å². The van der Waals surface area contributed by atoms with Crippen LogP contribution in [-0.4, -0.2) is 0 Å². The van der Waals surface area contributed by atoms with Crippen molar-refractivity contribution >= 4 is 5.57 Å². The van der Waals surface area contributed by atoms with Gasteiger partial charge in [-0.15, -0.1) is 0 Å². The average Bonchev–Trinajstić information content (AvgIpc) is 2.70. The Morgan fingerprint density at radius 3 is 2.24 bits per heavy atom. The van der Waals surface area contributed by atoms with Gasteiger partial charge < -0.3 is 0 Å². The summed E-state index contributed by atoms with van der Waals surface area (Å²) >= 11 is 0. The molecule has 0 amide bonds. The maximum Gasteiger partial charge on any atom is 0.108 e. The van der Waals surface area contributed by atoms with Gasteiger partial charge in [0.2, 0.25) is 0 Å². The van der Waals surface area contributed by atoms with Crippen LogP contribution in [-0.2, 0) is 0 Å². The number of benzene rings is 1. The second kappa shape index (κ2) is 3.82. The zero-order valence-electron chi connectivity index (χ0n) is 8.60. The van der Waals surface area contributed by atoms with Gasteiger partial charge in [-0.05, 0) is 11.6 Å². The molecule has 2 rings (SSSR count). The van der Waals surface area contributed by atoms with Gasteiger partial charge in [0, 0.05) is 5.56 Å². The molecule has 4 heteroatoms. The Morgan fingerprint density at radius 1 is 0.941 bits per heavy atom. The highest BCUT2D eigenvalue weighted by molar-refractivity contribution is 5.92. The summed E-state index contributed by atoms with van der Waals surface area (Å²) in [5.41, 5.74) is 1.60. The van der Waals surface area contributed by atoms with E-state index in [1.54, 1.807) is 18.2 Å². The van der Waals surface area contributed by atoms with Crippen molar-refractivity contribution in [2.24, 2.45) is 0 Å². The van der Waals surface area contributed by atoms with Crippen molar-refractivity contribution in [2.45, 2.75) is 5.92 Å². The molecule has 1 aromatic rings. The topological polar surface area (TPSA) is 95.2 Å². The van der Waals surface area contributed by atoms with E-state index in [1.807, 2.05) is 24.3 Å². The molecule has 0 heterocycles. The van der Waals surface area contributed by atoms with Crippen molar-refractivity contribution in [3.8, 4) is 24.3 Å². The SMILES string of the molecule is N#CC1=C(C#N)C(C#N)c2cccc(C#N)c21. The first-order chi connectivity index (χ1) is 8.28. The minimum Gasteiger partial charge on any atom is -0.197 e. The molecule has 0 fully saturated rings. The van der Waals surface area contributed by atoms with Crippen molar-refractivity contribution in [2.75, 3.05) is 0 Å². The molecule has 0 aliphatic heterocycles. The van der Waals surface area contributed by atoms with Crippen molar-refractivity contribution in [1.29, 1.82) is 21.0 Å². The Kier molecular flexibility index (Phi) is 2.35. The zero-order valence-corrected chi connectivity index (χ0v) is 8.60. The van der Waals surface area contributed by atoms with E-state index in [0.29, 0.717) is 16.7 Å². The Morgan fingerprint density at radius 2 is 1.71 bits per heavy atom. The lowest BCUT2D eigenvalue weighted by atomic mass is 9.96. The third-order valence-electron chi connectivity index (χ3n) is 2.70. The standard InChI is InChI=1S/C13H4N4/c14-4-8-2-1-3-9-10(5-15)11(6-16)12(7-17)13(8)9/h1-3,10H. The summed E-state index contributed by atoms with van der Waals surface area (Å²) in [7, 11) is 0. The average molecular weight is 216 g/mol. The maximum atomic E-state index is 9.07. The molecule has 4 nitrogen and oxygen atoms in total. The van der Waals surface area contributed by atoms with Gasteiger partial charge in [0.25, 0.3) is 0 Å². The quantitative estimate of drug-likeness (QED) is 0.662. The van der Waals surface area contributed by atoms with Crippen LogP contribution in [0.1, 0.15) is 22.6 Å². The zero-order chi connectivity index (χ0) is 12.4. The summed E-state index contributed by atoms with van der Waals surface area (Å²) in [6.07, 6.45) is 0. The first-order valence-electron chi connectivity index (χ1n) is 4.75. The highest BCUT2D eigenvalue weighted by Gasteiger charge is 2.33. The molecule has 0 bridgehead atoms. The molecule has 1 aliphatic rings. The molecule has 0 spiro atoms. The molecule has 0 N–H and O–H groups in total. The summed E-state index contributed by atoms with van der Waals surface area (Å²) in [6.45, 7) is 0. The monoisotopic (exact) mass is 216 g/mol. The fraction of sp³-hybridized carbons (Fsp3) is 0.0769. The lowest BCUT2D eigenvalue weighted by molar-refractivity contribution is 1.07. The van der Waals surface area contributed by atoms with Crippen molar-refractivity contribution in [3.63, 3.8) is 0 Å². The van der Waals surface area contributed by atoms with Crippen LogP contribution in [0.3, 0.4) is 0 Å². The lowest BCUT2D eigenvalue weighted by Crippen LogP contribution is -1.94. The molecule has 0 saturated heterocycles. The van der Waals surface area contributed by atoms with E-state index in [2.05, 4.69) is 0 Å². The first kappa shape index (κ1) is 10.4. The van der Waals surface area contributed by atoms with E-state index in [0.717, 1.165) is 0 Å². The van der Waals surface area contributed by atoms with Crippen molar-refractivity contribution in [3.05, 3.63) is 40.5 Å². The van der Waals surface area contributed by atoms with Crippen molar-refractivity contribution in [1.82, 2.24) is 0 Å². The van der Waals surface area contributed by atoms with E-state index < -0.39 is 5.92 Å². The number of nitrogens with zero attached hydrogens (tertiary/aromatic N) is 4. The smallest absolute Gasteiger partial charge is 0.108 e. The third-order valence-corrected chi connectivity index (χ3v) is 2.70. The second-order valence-electron chi connectivity index (χ2n) is 3.46. The van der Waals surface area contributed by atoms with Gasteiger partial charge in [-0.1, -0.05) is 12.1 Å².